The molecular weight excluding hydrogens is 170 g/mol. The lowest BCUT2D eigenvalue weighted by Crippen LogP contribution is -2.46. The van der Waals surface area contributed by atoms with Gasteiger partial charge in [-0.05, 0) is 19.8 Å². The second kappa shape index (κ2) is 4.37. The van der Waals surface area contributed by atoms with Gasteiger partial charge in [0.25, 0.3) is 0 Å². The fourth-order valence-electron chi connectivity index (χ4n) is 1.21. The molecule has 84 valence electrons. The molecule has 1 atom stereocenters. The van der Waals surface area contributed by atoms with E-state index in [0.29, 0.717) is 5.92 Å². The minimum Gasteiger partial charge on any atom is -0.383 e. The first kappa shape index (κ1) is 13.5. The Hall–Kier alpha value is -0.460. The molecule has 0 fully saturated rings. The average molecular weight is 197 g/mol. The van der Waals surface area contributed by atoms with Crippen LogP contribution in [0.25, 0.3) is 0 Å². The van der Waals surface area contributed by atoms with Crippen LogP contribution in [0.15, 0.2) is 12.3 Å². The third kappa shape index (κ3) is 3.73. The number of allylic oxidation sites excluding steroid dienone is 1. The normalized spacial score (nSPS) is 15.1. The van der Waals surface area contributed by atoms with Gasteiger partial charge in [-0.25, -0.2) is 0 Å². The highest BCUT2D eigenvalue weighted by atomic mass is 15.0. The summed E-state index contributed by atoms with van der Waals surface area (Å²) in [6, 6.07) is 0. The van der Waals surface area contributed by atoms with Gasteiger partial charge in [-0.15, -0.1) is 0 Å². The number of rotatable bonds is 4. The monoisotopic (exact) mass is 197 g/mol. The molecule has 0 aliphatic heterocycles. The van der Waals surface area contributed by atoms with Gasteiger partial charge in [-0.2, -0.15) is 0 Å². The van der Waals surface area contributed by atoms with E-state index < -0.39 is 0 Å². The van der Waals surface area contributed by atoms with Crippen molar-refractivity contribution >= 4 is 0 Å². The summed E-state index contributed by atoms with van der Waals surface area (Å²) in [6.45, 7) is 19.7. The summed E-state index contributed by atoms with van der Waals surface area (Å²) in [4.78, 5) is 0. The summed E-state index contributed by atoms with van der Waals surface area (Å²) < 4.78 is 0. The van der Waals surface area contributed by atoms with E-state index in [1.807, 2.05) is 0 Å². The SMILES string of the molecule is C=C(NC(C)(C)C(C)CC)C(C)(C)C. The average Bonchev–Trinajstić information content (AvgIpc) is 2.00. The van der Waals surface area contributed by atoms with E-state index in [9.17, 15) is 0 Å². The van der Waals surface area contributed by atoms with Gasteiger partial charge < -0.3 is 5.32 Å². The van der Waals surface area contributed by atoms with Crippen molar-refractivity contribution in [1.29, 1.82) is 0 Å². The second-order valence-electron chi connectivity index (χ2n) is 5.88. The summed E-state index contributed by atoms with van der Waals surface area (Å²) >= 11 is 0. The van der Waals surface area contributed by atoms with Crippen LogP contribution in [0, 0.1) is 11.3 Å². The first-order valence-electron chi connectivity index (χ1n) is 5.58. The van der Waals surface area contributed by atoms with Crippen molar-refractivity contribution in [3.63, 3.8) is 0 Å². The molecule has 0 amide bonds. The Morgan fingerprint density at radius 3 is 1.93 bits per heavy atom. The van der Waals surface area contributed by atoms with E-state index in [4.69, 9.17) is 0 Å². The van der Waals surface area contributed by atoms with E-state index >= 15 is 0 Å². The zero-order valence-corrected chi connectivity index (χ0v) is 11.0. The summed E-state index contributed by atoms with van der Waals surface area (Å²) in [5.41, 5.74) is 1.41. The van der Waals surface area contributed by atoms with Crippen LogP contribution in [0.4, 0.5) is 0 Å². The third-order valence-corrected chi connectivity index (χ3v) is 3.22. The molecule has 0 saturated carbocycles. The maximum atomic E-state index is 4.12. The fourth-order valence-corrected chi connectivity index (χ4v) is 1.21. The fraction of sp³-hybridized carbons (Fsp3) is 0.846. The molecule has 1 unspecified atom stereocenters. The van der Waals surface area contributed by atoms with Crippen LogP contribution in [0.1, 0.15) is 54.9 Å². The molecule has 0 aliphatic carbocycles. The molecule has 0 aromatic rings. The lowest BCUT2D eigenvalue weighted by Gasteiger charge is -2.38. The maximum Gasteiger partial charge on any atom is 0.0339 e. The van der Waals surface area contributed by atoms with Crippen molar-refractivity contribution in [3.05, 3.63) is 12.3 Å². The zero-order valence-electron chi connectivity index (χ0n) is 11.0. The van der Waals surface area contributed by atoms with E-state index in [1.165, 1.54) is 6.42 Å². The van der Waals surface area contributed by atoms with Gasteiger partial charge in [-0.1, -0.05) is 47.6 Å². The molecule has 0 bridgehead atoms. The maximum absolute atomic E-state index is 4.12. The molecule has 0 rings (SSSR count). The van der Waals surface area contributed by atoms with Crippen molar-refractivity contribution in [2.75, 3.05) is 0 Å². The Morgan fingerprint density at radius 2 is 1.64 bits per heavy atom. The predicted octanol–water partition coefficient (Wildman–Crippen LogP) is 3.96. The van der Waals surface area contributed by atoms with Gasteiger partial charge in [-0.3, -0.25) is 0 Å². The summed E-state index contributed by atoms with van der Waals surface area (Å²) in [5, 5.41) is 3.55. The van der Waals surface area contributed by atoms with Gasteiger partial charge in [0.15, 0.2) is 0 Å². The molecule has 0 radical (unpaired) electrons. The first-order valence-corrected chi connectivity index (χ1v) is 5.58. The third-order valence-electron chi connectivity index (χ3n) is 3.22. The lowest BCUT2D eigenvalue weighted by molar-refractivity contribution is 0.263. The lowest BCUT2D eigenvalue weighted by atomic mass is 9.84. The molecular formula is C13H27N. The summed E-state index contributed by atoms with van der Waals surface area (Å²) in [6.07, 6.45) is 1.19. The van der Waals surface area contributed by atoms with Crippen LogP contribution >= 0.6 is 0 Å². The number of hydrogen-bond donors (Lipinski definition) is 1. The number of nitrogens with one attached hydrogen (secondary N) is 1. The van der Waals surface area contributed by atoms with Gasteiger partial charge in [0.2, 0.25) is 0 Å². The molecule has 0 aromatic carbocycles. The molecule has 0 heterocycles. The van der Waals surface area contributed by atoms with Crippen LogP contribution in [-0.4, -0.2) is 5.54 Å². The van der Waals surface area contributed by atoms with Crippen LogP contribution in [0.2, 0.25) is 0 Å². The van der Waals surface area contributed by atoms with E-state index in [0.717, 1.165) is 5.70 Å². The van der Waals surface area contributed by atoms with Gasteiger partial charge >= 0.3 is 0 Å². The summed E-state index contributed by atoms with van der Waals surface area (Å²) in [7, 11) is 0. The topological polar surface area (TPSA) is 12.0 Å². The molecule has 1 nitrogen and oxygen atoms in total. The standard InChI is InChI=1S/C13H27N/c1-9-10(2)13(7,8)14-11(3)12(4,5)6/h10,14H,3,9H2,1-2,4-8H3. The predicted molar refractivity (Wildman–Crippen MR) is 65.3 cm³/mol. The van der Waals surface area contributed by atoms with Crippen LogP contribution in [0.3, 0.4) is 0 Å². The summed E-state index contributed by atoms with van der Waals surface area (Å²) in [5.74, 6) is 0.654. The largest absolute Gasteiger partial charge is 0.383 e. The van der Waals surface area contributed by atoms with Crippen molar-refractivity contribution in [2.45, 2.75) is 60.4 Å². The molecule has 0 spiro atoms. The van der Waals surface area contributed by atoms with Crippen molar-refractivity contribution in [2.24, 2.45) is 11.3 Å². The van der Waals surface area contributed by atoms with Crippen molar-refractivity contribution < 1.29 is 0 Å². The van der Waals surface area contributed by atoms with Gasteiger partial charge in [0.05, 0.1) is 0 Å². The highest BCUT2D eigenvalue weighted by molar-refractivity contribution is 5.07. The minimum absolute atomic E-state index is 0.138. The Bertz CT molecular complexity index is 196. The molecule has 1 N–H and O–H groups in total. The molecule has 0 aliphatic rings. The Balaban J connectivity index is 4.44. The van der Waals surface area contributed by atoms with E-state index in [1.54, 1.807) is 0 Å². The Labute approximate surface area is 90.0 Å². The molecule has 0 aromatic heterocycles. The van der Waals surface area contributed by atoms with E-state index in [-0.39, 0.29) is 11.0 Å². The Morgan fingerprint density at radius 1 is 1.21 bits per heavy atom. The van der Waals surface area contributed by atoms with E-state index in [2.05, 4.69) is 60.4 Å². The first-order chi connectivity index (χ1) is 6.11. The van der Waals surface area contributed by atoms with Gasteiger partial charge in [0.1, 0.15) is 0 Å². The zero-order chi connectivity index (χ0) is 11.6. The highest BCUT2D eigenvalue weighted by Crippen LogP contribution is 2.27. The van der Waals surface area contributed by atoms with Crippen LogP contribution in [-0.2, 0) is 0 Å². The van der Waals surface area contributed by atoms with Crippen LogP contribution < -0.4 is 5.32 Å². The smallest absolute Gasteiger partial charge is 0.0339 e. The highest BCUT2D eigenvalue weighted by Gasteiger charge is 2.27. The van der Waals surface area contributed by atoms with Gasteiger partial charge in [0, 0.05) is 16.7 Å². The molecule has 0 saturated heterocycles. The minimum atomic E-state index is 0.138. The Kier molecular flexibility index (Phi) is 4.23. The van der Waals surface area contributed by atoms with Crippen molar-refractivity contribution in [1.82, 2.24) is 5.32 Å². The molecule has 1 heteroatoms. The quantitative estimate of drug-likeness (QED) is 0.719. The molecule has 14 heavy (non-hydrogen) atoms. The second-order valence-corrected chi connectivity index (χ2v) is 5.88. The number of hydrogen-bond acceptors (Lipinski definition) is 1. The van der Waals surface area contributed by atoms with Crippen molar-refractivity contribution in [3.8, 4) is 0 Å². The van der Waals surface area contributed by atoms with Crippen LogP contribution in [0.5, 0.6) is 0 Å².